The van der Waals surface area contributed by atoms with Crippen molar-refractivity contribution in [3.63, 3.8) is 0 Å². The number of phenols is 1. The lowest BCUT2D eigenvalue weighted by Crippen LogP contribution is -2.13. The second-order valence-corrected chi connectivity index (χ2v) is 4.37. The number of rotatable bonds is 3. The van der Waals surface area contributed by atoms with E-state index in [9.17, 15) is 24.4 Å². The maximum absolute atomic E-state index is 13.1. The van der Waals surface area contributed by atoms with Gasteiger partial charge in [0.1, 0.15) is 5.82 Å². The summed E-state index contributed by atoms with van der Waals surface area (Å²) in [4.78, 5) is 21.8. The van der Waals surface area contributed by atoms with E-state index in [0.717, 1.165) is 12.1 Å². The molecule has 0 spiro atoms. The molecule has 21 heavy (non-hydrogen) atoms. The van der Waals surface area contributed by atoms with Crippen LogP contribution in [-0.2, 0) is 0 Å². The van der Waals surface area contributed by atoms with Crippen LogP contribution in [0.4, 0.5) is 15.8 Å². The summed E-state index contributed by atoms with van der Waals surface area (Å²) in [5.74, 6) is -1.71. The number of hydrogen-bond donors (Lipinski definition) is 2. The fourth-order valence-corrected chi connectivity index (χ4v) is 1.74. The van der Waals surface area contributed by atoms with Crippen LogP contribution >= 0.6 is 0 Å². The Kier molecular flexibility index (Phi) is 3.84. The molecule has 0 heterocycles. The normalized spacial score (nSPS) is 10.2. The number of anilines is 1. The molecule has 0 fully saturated rings. The molecule has 6 nitrogen and oxygen atoms in total. The zero-order valence-corrected chi connectivity index (χ0v) is 11.0. The highest BCUT2D eigenvalue weighted by Gasteiger charge is 2.16. The van der Waals surface area contributed by atoms with Gasteiger partial charge in [-0.2, -0.15) is 0 Å². The molecule has 108 valence electrons. The number of hydrogen-bond acceptors (Lipinski definition) is 4. The molecule has 0 saturated carbocycles. The zero-order chi connectivity index (χ0) is 15.6. The Morgan fingerprint density at radius 1 is 1.29 bits per heavy atom. The zero-order valence-electron chi connectivity index (χ0n) is 11.0. The number of aryl methyl sites for hydroxylation is 1. The van der Waals surface area contributed by atoms with Crippen LogP contribution in [0.15, 0.2) is 36.4 Å². The minimum Gasteiger partial charge on any atom is -0.502 e. The molecule has 7 heteroatoms. The molecule has 2 rings (SSSR count). The van der Waals surface area contributed by atoms with Crippen LogP contribution in [0.2, 0.25) is 0 Å². The average molecular weight is 290 g/mol. The van der Waals surface area contributed by atoms with E-state index >= 15 is 0 Å². The number of aromatic hydroxyl groups is 1. The van der Waals surface area contributed by atoms with Crippen molar-refractivity contribution in [3.05, 3.63) is 63.5 Å². The van der Waals surface area contributed by atoms with Crippen LogP contribution < -0.4 is 5.32 Å². The summed E-state index contributed by atoms with van der Waals surface area (Å²) < 4.78 is 13.1. The van der Waals surface area contributed by atoms with Crippen molar-refractivity contribution in [1.82, 2.24) is 0 Å². The summed E-state index contributed by atoms with van der Waals surface area (Å²) in [5.41, 5.74) is 0.490. The van der Waals surface area contributed by atoms with Gasteiger partial charge in [0.25, 0.3) is 5.91 Å². The Hall–Kier alpha value is -2.96. The first-order valence-electron chi connectivity index (χ1n) is 5.93. The van der Waals surface area contributed by atoms with Gasteiger partial charge >= 0.3 is 5.69 Å². The topological polar surface area (TPSA) is 92.5 Å². The fraction of sp³-hybridized carbons (Fsp3) is 0.0714. The number of nitrogens with one attached hydrogen (secondary N) is 1. The van der Waals surface area contributed by atoms with E-state index in [0.29, 0.717) is 5.56 Å². The van der Waals surface area contributed by atoms with E-state index in [1.807, 2.05) is 0 Å². The highest BCUT2D eigenvalue weighted by Crippen LogP contribution is 2.27. The first kappa shape index (κ1) is 14.4. The van der Waals surface area contributed by atoms with Crippen LogP contribution in [0.5, 0.6) is 5.75 Å². The predicted molar refractivity (Wildman–Crippen MR) is 73.9 cm³/mol. The van der Waals surface area contributed by atoms with Crippen LogP contribution in [0.25, 0.3) is 0 Å². The molecular weight excluding hydrogens is 279 g/mol. The van der Waals surface area contributed by atoms with Gasteiger partial charge in [-0.25, -0.2) is 4.39 Å². The third-order valence-electron chi connectivity index (χ3n) is 2.88. The fourth-order valence-electron chi connectivity index (χ4n) is 1.74. The van der Waals surface area contributed by atoms with E-state index < -0.39 is 28.1 Å². The van der Waals surface area contributed by atoms with Crippen molar-refractivity contribution in [1.29, 1.82) is 0 Å². The largest absolute Gasteiger partial charge is 0.502 e. The van der Waals surface area contributed by atoms with Crippen molar-refractivity contribution < 1.29 is 19.2 Å². The molecule has 0 saturated heterocycles. The number of nitro benzene ring substituents is 1. The monoisotopic (exact) mass is 290 g/mol. The minimum atomic E-state index is -0.756. The Bertz CT molecular complexity index is 731. The van der Waals surface area contributed by atoms with E-state index in [4.69, 9.17) is 0 Å². The number of benzene rings is 2. The maximum atomic E-state index is 13.1. The van der Waals surface area contributed by atoms with Crippen molar-refractivity contribution in [2.75, 3.05) is 5.32 Å². The van der Waals surface area contributed by atoms with Crippen molar-refractivity contribution in [3.8, 4) is 5.75 Å². The quantitative estimate of drug-likeness (QED) is 0.671. The lowest BCUT2D eigenvalue weighted by Gasteiger charge is -2.08. The summed E-state index contributed by atoms with van der Waals surface area (Å²) in [6.45, 7) is 1.70. The van der Waals surface area contributed by atoms with Gasteiger partial charge < -0.3 is 10.4 Å². The summed E-state index contributed by atoms with van der Waals surface area (Å²) in [7, 11) is 0. The Balaban J connectivity index is 2.26. The molecule has 0 radical (unpaired) electrons. The first-order valence-corrected chi connectivity index (χ1v) is 5.93. The summed E-state index contributed by atoms with van der Waals surface area (Å²) in [6, 6.07) is 7.17. The number of phenolic OH excluding ortho intramolecular Hbond substituents is 1. The van der Waals surface area contributed by atoms with E-state index in [2.05, 4.69) is 5.32 Å². The number of halogens is 1. The molecule has 0 bridgehead atoms. The van der Waals surface area contributed by atoms with E-state index in [1.165, 1.54) is 24.3 Å². The highest BCUT2D eigenvalue weighted by atomic mass is 19.1. The lowest BCUT2D eigenvalue weighted by molar-refractivity contribution is -0.385. The Labute approximate surface area is 119 Å². The standard InChI is InChI=1S/C14H11FN2O4/c1-8-2-4-10(15)7-11(8)16-14(19)9-3-5-12(17(20)21)13(18)6-9/h2-7,18H,1H3,(H,16,19). The molecule has 0 atom stereocenters. The van der Waals surface area contributed by atoms with Gasteiger partial charge in [0, 0.05) is 17.3 Å². The number of carbonyl (C=O) groups is 1. The van der Waals surface area contributed by atoms with Crippen LogP contribution in [-0.4, -0.2) is 15.9 Å². The average Bonchev–Trinajstić information content (AvgIpc) is 2.42. The predicted octanol–water partition coefficient (Wildman–Crippen LogP) is 3.00. The van der Waals surface area contributed by atoms with E-state index in [1.54, 1.807) is 6.92 Å². The summed E-state index contributed by atoms with van der Waals surface area (Å²) in [5, 5.41) is 22.6. The van der Waals surface area contributed by atoms with Gasteiger partial charge in [-0.05, 0) is 36.8 Å². The second kappa shape index (κ2) is 5.58. The maximum Gasteiger partial charge on any atom is 0.310 e. The summed E-state index contributed by atoms with van der Waals surface area (Å²) in [6.07, 6.45) is 0. The van der Waals surface area contributed by atoms with Gasteiger partial charge in [-0.15, -0.1) is 0 Å². The number of carbonyl (C=O) groups excluding carboxylic acids is 1. The van der Waals surface area contributed by atoms with Gasteiger partial charge in [0.15, 0.2) is 5.75 Å². The summed E-state index contributed by atoms with van der Waals surface area (Å²) >= 11 is 0. The van der Waals surface area contributed by atoms with Gasteiger partial charge in [0.2, 0.25) is 0 Å². The van der Waals surface area contributed by atoms with E-state index in [-0.39, 0.29) is 11.3 Å². The van der Waals surface area contributed by atoms with Crippen molar-refractivity contribution in [2.24, 2.45) is 0 Å². The molecule has 2 aromatic carbocycles. The molecule has 1 amide bonds. The Morgan fingerprint density at radius 2 is 2.00 bits per heavy atom. The molecule has 2 N–H and O–H groups in total. The molecule has 0 unspecified atom stereocenters. The number of amides is 1. The molecular formula is C14H11FN2O4. The number of nitrogens with zero attached hydrogens (tertiary/aromatic N) is 1. The van der Waals surface area contributed by atoms with Crippen LogP contribution in [0.1, 0.15) is 15.9 Å². The van der Waals surface area contributed by atoms with Crippen LogP contribution in [0, 0.1) is 22.9 Å². The smallest absolute Gasteiger partial charge is 0.310 e. The minimum absolute atomic E-state index is 0.0294. The molecule has 0 aliphatic rings. The lowest BCUT2D eigenvalue weighted by atomic mass is 10.1. The molecule has 2 aromatic rings. The number of nitro groups is 1. The van der Waals surface area contributed by atoms with Gasteiger partial charge in [0.05, 0.1) is 4.92 Å². The third-order valence-corrected chi connectivity index (χ3v) is 2.88. The molecule has 0 aliphatic carbocycles. The first-order chi connectivity index (χ1) is 9.88. The molecule has 0 aliphatic heterocycles. The Morgan fingerprint density at radius 3 is 2.62 bits per heavy atom. The van der Waals surface area contributed by atoms with Crippen molar-refractivity contribution in [2.45, 2.75) is 6.92 Å². The SMILES string of the molecule is Cc1ccc(F)cc1NC(=O)c1ccc([N+](=O)[O-])c(O)c1. The highest BCUT2D eigenvalue weighted by molar-refractivity contribution is 6.05. The van der Waals surface area contributed by atoms with Gasteiger partial charge in [-0.3, -0.25) is 14.9 Å². The molecule has 0 aromatic heterocycles. The third kappa shape index (κ3) is 3.14. The van der Waals surface area contributed by atoms with Crippen LogP contribution in [0.3, 0.4) is 0 Å². The van der Waals surface area contributed by atoms with Gasteiger partial charge in [-0.1, -0.05) is 6.07 Å². The van der Waals surface area contributed by atoms with Crippen molar-refractivity contribution >= 4 is 17.3 Å². The second-order valence-electron chi connectivity index (χ2n) is 4.37.